The van der Waals surface area contributed by atoms with Crippen molar-refractivity contribution in [2.45, 2.75) is 65.7 Å². The van der Waals surface area contributed by atoms with Crippen LogP contribution in [0.15, 0.2) is 46.7 Å². The van der Waals surface area contributed by atoms with Gasteiger partial charge < -0.3 is 37.2 Å². The molecule has 1 aromatic rings. The number of benzene rings is 1. The van der Waals surface area contributed by atoms with Crippen molar-refractivity contribution >= 4 is 14.7 Å². The maximum absolute atomic E-state index is 3.88. The van der Waals surface area contributed by atoms with Gasteiger partial charge in [-0.05, 0) is 5.41 Å². The van der Waals surface area contributed by atoms with Gasteiger partial charge in [0.2, 0.25) is 0 Å². The third-order valence-electron chi connectivity index (χ3n) is 5.35. The zero-order chi connectivity index (χ0) is 16.3. The van der Waals surface area contributed by atoms with E-state index in [-0.39, 0.29) is 73.9 Å². The molecule has 0 N–H and O–H groups in total. The van der Waals surface area contributed by atoms with Crippen molar-refractivity contribution in [3.05, 3.63) is 52.8 Å². The average molecular weight is 478 g/mol. The van der Waals surface area contributed by atoms with Gasteiger partial charge in [0.25, 0.3) is 0 Å². The van der Waals surface area contributed by atoms with E-state index in [1.165, 1.54) is 44.9 Å². The summed E-state index contributed by atoms with van der Waals surface area (Å²) in [5.41, 5.74) is 3.51. The average Bonchev–Trinajstić information content (AvgIpc) is 2.92. The van der Waals surface area contributed by atoms with Crippen LogP contribution in [0, 0.1) is 17.4 Å². The van der Waals surface area contributed by atoms with E-state index >= 15 is 0 Å². The second-order valence-corrected chi connectivity index (χ2v) is 10.5. The molecule has 1 fully saturated rings. The van der Waals surface area contributed by atoms with Gasteiger partial charge in [0.15, 0.2) is 0 Å². The van der Waals surface area contributed by atoms with Gasteiger partial charge >= 0.3 is 21.7 Å². The first-order valence-electron chi connectivity index (χ1n) is 9.40. The molecule has 2 aliphatic rings. The molecule has 1 saturated carbocycles. The third kappa shape index (κ3) is 8.81. The molecule has 0 bridgehead atoms. The quantitative estimate of drug-likeness (QED) is 0.306. The Morgan fingerprint density at radius 3 is 2.11 bits per heavy atom. The maximum atomic E-state index is 3.88. The first kappa shape index (κ1) is 29.7. The summed E-state index contributed by atoms with van der Waals surface area (Å²) in [6.45, 7) is 7.09. The first-order chi connectivity index (χ1) is 11.0. The van der Waals surface area contributed by atoms with Gasteiger partial charge in [0.1, 0.15) is 0 Å². The van der Waals surface area contributed by atoms with Gasteiger partial charge in [-0.2, -0.15) is 5.20 Å². The zero-order valence-electron chi connectivity index (χ0n) is 16.8. The Labute approximate surface area is 202 Å². The van der Waals surface area contributed by atoms with Crippen LogP contribution in [0.4, 0.5) is 0 Å². The molecule has 0 radical (unpaired) electrons. The molecule has 1 aromatic carbocycles. The molecule has 0 heterocycles. The van der Waals surface area contributed by atoms with E-state index in [1.807, 2.05) is 0 Å². The molecule has 148 valence electrons. The summed E-state index contributed by atoms with van der Waals surface area (Å²) in [6, 6.07) is 11.1. The van der Waals surface area contributed by atoms with Gasteiger partial charge in [-0.1, -0.05) is 107 Å². The minimum absolute atomic E-state index is 0. The van der Waals surface area contributed by atoms with Gasteiger partial charge in [-0.15, -0.1) is 0 Å². The third-order valence-corrected chi connectivity index (χ3v) is 7.09. The summed E-state index contributed by atoms with van der Waals surface area (Å²) in [4.78, 5) is 0. The van der Waals surface area contributed by atoms with E-state index in [2.05, 4.69) is 57.2 Å². The molecule has 0 aliphatic heterocycles. The van der Waals surface area contributed by atoms with Gasteiger partial charge in [0.05, 0.1) is 9.52 Å². The Balaban J connectivity index is 0. The van der Waals surface area contributed by atoms with Crippen LogP contribution >= 0.6 is 0 Å². The van der Waals surface area contributed by atoms with Crippen LogP contribution < -0.4 is 42.4 Å². The summed E-state index contributed by atoms with van der Waals surface area (Å²) >= 11 is 0. The van der Waals surface area contributed by atoms with Crippen LogP contribution in [0.5, 0.6) is 0 Å². The minimum Gasteiger partial charge on any atom is -1.00 e. The van der Waals surface area contributed by atoms with E-state index in [4.69, 9.17) is 0 Å². The number of halogens is 3. The number of hydrogen-bond donors (Lipinski definition) is 0. The summed E-state index contributed by atoms with van der Waals surface area (Å²) in [6.07, 6.45) is 13.7. The van der Waals surface area contributed by atoms with E-state index in [9.17, 15) is 0 Å². The fourth-order valence-corrected chi connectivity index (χ4v) is 5.93. The molecule has 0 atom stereocenters. The van der Waals surface area contributed by atoms with Crippen molar-refractivity contribution in [3.8, 4) is 0 Å². The molecule has 2 aliphatic carbocycles. The van der Waals surface area contributed by atoms with E-state index < -0.39 is 0 Å². The zero-order valence-corrected chi connectivity index (χ0v) is 22.0. The largest absolute Gasteiger partial charge is 4.00 e. The van der Waals surface area contributed by atoms with Crippen molar-refractivity contribution in [2.24, 2.45) is 11.3 Å². The minimum atomic E-state index is -0.330. The van der Waals surface area contributed by atoms with Gasteiger partial charge in [-0.3, -0.25) is 6.08 Å². The molecule has 0 nitrogen and oxygen atoms in total. The van der Waals surface area contributed by atoms with E-state index in [0.717, 1.165) is 5.92 Å². The normalized spacial score (nSPS) is 17.5. The molecule has 27 heavy (non-hydrogen) atoms. The van der Waals surface area contributed by atoms with Crippen LogP contribution in [-0.2, 0) is 21.7 Å². The molecule has 3 rings (SSSR count). The summed E-state index contributed by atoms with van der Waals surface area (Å²) < 4.78 is 0. The number of allylic oxidation sites excluding steroid dienone is 4. The Hall–Kier alpha value is 0.501. The van der Waals surface area contributed by atoms with Crippen LogP contribution in [0.25, 0.3) is 0 Å². The monoisotopic (exact) mass is 476 g/mol. The molecule has 0 spiro atoms. The molecule has 0 aromatic heterocycles. The Kier molecular flexibility index (Phi) is 15.0. The fraction of sp³-hybridized carbons (Fsp3) is 0.545. The van der Waals surface area contributed by atoms with Crippen LogP contribution in [0.1, 0.15) is 65.7 Å². The summed E-state index contributed by atoms with van der Waals surface area (Å²) in [7, 11) is -0.330. The Morgan fingerprint density at radius 1 is 0.963 bits per heavy atom. The molecule has 0 saturated heterocycles. The van der Waals surface area contributed by atoms with E-state index in [0.29, 0.717) is 0 Å². The molecular formula is C22H31Cl3SiTi. The van der Waals surface area contributed by atoms with Crippen LogP contribution in [0.2, 0.25) is 0 Å². The molecular weight excluding hydrogens is 447 g/mol. The standard InChI is InChI=1S/C22H31Si.3ClH.Ti/c1-22(2,3)21-16-20(23-19-12-8-5-9-13-19)15-18(21)14-17-10-6-4-7-11-17;;;;/h5,8-9,12-13,17H,4,6-7,10-11,14-15,23H2,1-3H3;3*1H;/q-1;;;;+4/p-3. The first-order valence-corrected chi connectivity index (χ1v) is 10.8. The predicted molar refractivity (Wildman–Crippen MR) is 104 cm³/mol. The van der Waals surface area contributed by atoms with Crippen LogP contribution in [-0.4, -0.2) is 9.52 Å². The molecule has 0 unspecified atom stereocenters. The van der Waals surface area contributed by atoms with Crippen molar-refractivity contribution in [1.29, 1.82) is 0 Å². The maximum Gasteiger partial charge on any atom is 4.00 e. The Morgan fingerprint density at radius 2 is 1.56 bits per heavy atom. The summed E-state index contributed by atoms with van der Waals surface area (Å²) in [5.74, 6) is 0.940. The summed E-state index contributed by atoms with van der Waals surface area (Å²) in [5, 5.41) is 3.19. The topological polar surface area (TPSA) is 0 Å². The van der Waals surface area contributed by atoms with Gasteiger partial charge in [-0.25, -0.2) is 11.1 Å². The smallest absolute Gasteiger partial charge is 1.00 e. The Bertz CT molecular complexity index is 600. The van der Waals surface area contributed by atoms with Crippen LogP contribution in [0.3, 0.4) is 0 Å². The number of rotatable bonds is 4. The van der Waals surface area contributed by atoms with Crippen molar-refractivity contribution < 1.29 is 58.9 Å². The number of hydrogen-bond acceptors (Lipinski definition) is 0. The second kappa shape index (κ2) is 13.7. The van der Waals surface area contributed by atoms with Crippen molar-refractivity contribution in [2.75, 3.05) is 0 Å². The van der Waals surface area contributed by atoms with Crippen molar-refractivity contribution in [3.63, 3.8) is 0 Å². The van der Waals surface area contributed by atoms with Crippen molar-refractivity contribution in [1.82, 2.24) is 0 Å². The second-order valence-electron chi connectivity index (χ2n) is 8.50. The SMILES string of the molecule is CC(C)(C)C1=C(CC2CCCCC2)CC([SiH2]c2ccccc2)=[C-]1.[Cl-].[Cl-].[Cl-].[Ti+4]. The van der Waals surface area contributed by atoms with Gasteiger partial charge in [0, 0.05) is 0 Å². The molecule has 0 amide bonds. The van der Waals surface area contributed by atoms with E-state index in [1.54, 1.807) is 21.5 Å². The fourth-order valence-electron chi connectivity index (χ4n) is 4.24. The molecule has 5 heteroatoms. The predicted octanol–water partition coefficient (Wildman–Crippen LogP) is -4.11.